The summed E-state index contributed by atoms with van der Waals surface area (Å²) in [5, 5.41) is 30.4. The molecule has 0 bridgehead atoms. The van der Waals surface area contributed by atoms with Crippen LogP contribution in [0.3, 0.4) is 0 Å². The summed E-state index contributed by atoms with van der Waals surface area (Å²) in [5.41, 5.74) is 9.09. The molecule has 0 aromatic heterocycles. The van der Waals surface area contributed by atoms with E-state index in [1.807, 2.05) is 0 Å². The van der Waals surface area contributed by atoms with Crippen LogP contribution in [0, 0.1) is 23.7 Å². The van der Waals surface area contributed by atoms with Gasteiger partial charge in [-0.25, -0.2) is 13.8 Å². The predicted molar refractivity (Wildman–Crippen MR) is 120 cm³/mol. The van der Waals surface area contributed by atoms with Crippen LogP contribution in [0.4, 0.5) is 8.78 Å². The number of nitrogens with zero attached hydrogens (tertiary/aromatic N) is 1. The number of hydrogen-bond acceptors (Lipinski definition) is 8. The first-order valence-electron chi connectivity index (χ1n) is 12.5. The van der Waals surface area contributed by atoms with Crippen LogP contribution in [0.25, 0.3) is 0 Å². The maximum absolute atomic E-state index is 14.0. The molecule has 32 heavy (non-hydrogen) atoms. The van der Waals surface area contributed by atoms with Gasteiger partial charge in [0.15, 0.2) is 0 Å². The zero-order chi connectivity index (χ0) is 22.4. The summed E-state index contributed by atoms with van der Waals surface area (Å²) in [7, 11) is 0. The molecule has 2 aliphatic carbocycles. The van der Waals surface area contributed by atoms with E-state index in [1.165, 1.54) is 19.3 Å². The van der Waals surface area contributed by atoms with Crippen LogP contribution in [0.1, 0.15) is 57.8 Å². The number of halogens is 2. The lowest BCUT2D eigenvalue weighted by Gasteiger charge is -2.46. The number of aliphatic hydroxyl groups is 2. The van der Waals surface area contributed by atoms with Crippen molar-refractivity contribution in [3.63, 3.8) is 0 Å². The van der Waals surface area contributed by atoms with Crippen molar-refractivity contribution in [2.24, 2.45) is 29.4 Å². The second-order valence-corrected chi connectivity index (χ2v) is 11.9. The van der Waals surface area contributed by atoms with E-state index in [0.29, 0.717) is 30.1 Å². The number of alkyl halides is 2. The van der Waals surface area contributed by atoms with E-state index in [1.54, 1.807) is 16.8 Å². The molecule has 10 atom stereocenters. The fourth-order valence-corrected chi connectivity index (χ4v) is 9.09. The Labute approximate surface area is 193 Å². The molecule has 10 heteroatoms. The Morgan fingerprint density at radius 3 is 2.56 bits per heavy atom. The lowest BCUT2D eigenvalue weighted by molar-refractivity contribution is -0.0739. The van der Waals surface area contributed by atoms with Crippen molar-refractivity contribution in [2.45, 2.75) is 106 Å². The van der Waals surface area contributed by atoms with Crippen molar-refractivity contribution in [1.82, 2.24) is 21.1 Å². The highest BCUT2D eigenvalue weighted by Gasteiger charge is 2.52. The van der Waals surface area contributed by atoms with Crippen molar-refractivity contribution in [3.05, 3.63) is 0 Å². The standard InChI is InChI=1S/C22H39F2N5O2S/c23-18(24)15-9-14(11-5-2-1-3-6-11)27-20-13(10-26-29(15)20)21(31)28-22-17(19(25)30)12-7-4-8-16(12)32-22/h11-22,26-28,30-31H,1-10,25H2/t12?,13?,14?,15?,16-,17?,19?,20?,21?,22?/m1/s1. The van der Waals surface area contributed by atoms with Gasteiger partial charge in [-0.3, -0.25) is 16.1 Å². The van der Waals surface area contributed by atoms with Gasteiger partial charge < -0.3 is 15.9 Å². The van der Waals surface area contributed by atoms with Crippen molar-refractivity contribution in [1.29, 1.82) is 0 Å². The van der Waals surface area contributed by atoms with E-state index in [2.05, 4.69) is 16.1 Å². The summed E-state index contributed by atoms with van der Waals surface area (Å²) in [6, 6.07) is -0.784. The summed E-state index contributed by atoms with van der Waals surface area (Å²) < 4.78 is 28.0. The molecule has 0 amide bonds. The van der Waals surface area contributed by atoms with Gasteiger partial charge in [-0.2, -0.15) is 0 Å². The van der Waals surface area contributed by atoms with Crippen LogP contribution >= 0.6 is 11.8 Å². The third-order valence-electron chi connectivity index (χ3n) is 8.77. The minimum absolute atomic E-state index is 0.0592. The Hall–Kier alpha value is -0.0700. The Bertz CT molecular complexity index is 643. The Balaban J connectivity index is 1.28. The molecule has 7 nitrogen and oxygen atoms in total. The summed E-state index contributed by atoms with van der Waals surface area (Å²) in [5.74, 6) is 0.435. The number of fused-ring (bicyclic) bond motifs is 2. The number of hydrogen-bond donors (Lipinski definition) is 6. The summed E-state index contributed by atoms with van der Waals surface area (Å²) in [6.07, 6.45) is 4.98. The van der Waals surface area contributed by atoms with Gasteiger partial charge in [-0.05, 0) is 43.9 Å². The molecule has 3 aliphatic heterocycles. The lowest BCUT2D eigenvalue weighted by Crippen LogP contribution is -2.66. The second kappa shape index (κ2) is 9.89. The molecule has 3 heterocycles. The largest absolute Gasteiger partial charge is 0.378 e. The quantitative estimate of drug-likeness (QED) is 0.320. The fraction of sp³-hybridized carbons (Fsp3) is 1.00. The zero-order valence-electron chi connectivity index (χ0n) is 18.6. The number of hydrazine groups is 1. The predicted octanol–water partition coefficient (Wildman–Crippen LogP) is 1.37. The van der Waals surface area contributed by atoms with Crippen molar-refractivity contribution < 1.29 is 19.0 Å². The highest BCUT2D eigenvalue weighted by atomic mass is 32.2. The smallest absolute Gasteiger partial charge is 0.255 e. The van der Waals surface area contributed by atoms with Gasteiger partial charge in [-0.15, -0.1) is 11.8 Å². The number of nitrogens with one attached hydrogen (secondary N) is 3. The molecule has 5 rings (SSSR count). The van der Waals surface area contributed by atoms with E-state index in [-0.39, 0.29) is 29.4 Å². The average molecular weight is 476 g/mol. The molecule has 2 saturated carbocycles. The second-order valence-electron chi connectivity index (χ2n) is 10.6. The van der Waals surface area contributed by atoms with Gasteiger partial charge in [0.25, 0.3) is 6.43 Å². The van der Waals surface area contributed by atoms with Crippen molar-refractivity contribution in [2.75, 3.05) is 6.54 Å². The Morgan fingerprint density at radius 2 is 1.84 bits per heavy atom. The van der Waals surface area contributed by atoms with Gasteiger partial charge in [0.1, 0.15) is 12.5 Å². The van der Waals surface area contributed by atoms with E-state index < -0.39 is 24.9 Å². The molecular weight excluding hydrogens is 436 g/mol. The lowest BCUT2D eigenvalue weighted by atomic mass is 9.80. The SMILES string of the molecule is NC(O)C1C(NC(O)C2CNN3C(C(F)F)CC(C4CCCCC4)NC23)S[C@@H]2CCCC12. The molecule has 3 saturated heterocycles. The van der Waals surface area contributed by atoms with Gasteiger partial charge >= 0.3 is 0 Å². The van der Waals surface area contributed by atoms with Crippen LogP contribution in [0.15, 0.2) is 0 Å². The molecule has 9 unspecified atom stereocenters. The fourth-order valence-electron chi connectivity index (χ4n) is 7.13. The maximum Gasteiger partial charge on any atom is 0.255 e. The molecule has 0 radical (unpaired) electrons. The number of rotatable bonds is 6. The Morgan fingerprint density at radius 1 is 1.06 bits per heavy atom. The van der Waals surface area contributed by atoms with Gasteiger partial charge in [-0.1, -0.05) is 25.7 Å². The minimum Gasteiger partial charge on any atom is -0.378 e. The summed E-state index contributed by atoms with van der Waals surface area (Å²) in [6.45, 7) is 0.437. The molecule has 0 aromatic carbocycles. The number of aliphatic hydroxyl groups excluding tert-OH is 2. The molecule has 5 fully saturated rings. The first kappa shape index (κ1) is 23.7. The molecule has 184 valence electrons. The first-order chi connectivity index (χ1) is 15.4. The van der Waals surface area contributed by atoms with Crippen LogP contribution in [-0.4, -0.2) is 69.5 Å². The summed E-state index contributed by atoms with van der Waals surface area (Å²) in [4.78, 5) is 0. The molecular formula is C22H39F2N5O2S. The third-order valence-corrected chi connectivity index (χ3v) is 10.4. The van der Waals surface area contributed by atoms with Crippen LogP contribution in [0.5, 0.6) is 0 Å². The minimum atomic E-state index is -2.43. The molecule has 7 N–H and O–H groups in total. The van der Waals surface area contributed by atoms with Crippen LogP contribution < -0.4 is 21.8 Å². The van der Waals surface area contributed by atoms with Gasteiger partial charge in [0, 0.05) is 29.7 Å². The van der Waals surface area contributed by atoms with Crippen LogP contribution in [-0.2, 0) is 0 Å². The van der Waals surface area contributed by atoms with E-state index in [0.717, 1.165) is 32.1 Å². The molecule has 5 aliphatic rings. The van der Waals surface area contributed by atoms with Gasteiger partial charge in [0.2, 0.25) is 0 Å². The van der Waals surface area contributed by atoms with Crippen LogP contribution in [0.2, 0.25) is 0 Å². The first-order valence-corrected chi connectivity index (χ1v) is 13.5. The van der Waals surface area contributed by atoms with Crippen molar-refractivity contribution >= 4 is 11.8 Å². The van der Waals surface area contributed by atoms with E-state index in [9.17, 15) is 19.0 Å². The summed E-state index contributed by atoms with van der Waals surface area (Å²) >= 11 is 1.78. The highest BCUT2D eigenvalue weighted by Crippen LogP contribution is 2.51. The third kappa shape index (κ3) is 4.46. The topological polar surface area (TPSA) is 106 Å². The van der Waals surface area contributed by atoms with Crippen molar-refractivity contribution in [3.8, 4) is 0 Å². The average Bonchev–Trinajstić information content (AvgIpc) is 3.47. The molecule has 0 aromatic rings. The highest BCUT2D eigenvalue weighted by molar-refractivity contribution is 8.00. The van der Waals surface area contributed by atoms with E-state index >= 15 is 0 Å². The normalized spacial score (nSPS) is 45.2. The van der Waals surface area contributed by atoms with Gasteiger partial charge in [0.05, 0.1) is 17.6 Å². The van der Waals surface area contributed by atoms with E-state index in [4.69, 9.17) is 5.73 Å². The Kier molecular flexibility index (Phi) is 7.31. The maximum atomic E-state index is 14.0. The molecule has 0 spiro atoms. The number of nitrogens with two attached hydrogens (primary N) is 1. The monoisotopic (exact) mass is 475 g/mol. The number of thioether (sulfide) groups is 1. The zero-order valence-corrected chi connectivity index (χ0v) is 19.4.